The second-order valence-electron chi connectivity index (χ2n) is 25.3. The van der Waals surface area contributed by atoms with Gasteiger partial charge in [-0.05, 0) is 183 Å². The number of aromatic carboxylic acids is 2. The maximum Gasteiger partial charge on any atom is -0.0134 e. The molecule has 46 heteroatoms. The molecule has 0 aliphatic rings. The number of benzene rings is 13. The summed E-state index contributed by atoms with van der Waals surface area (Å²) < 4.78 is 99.4. The van der Waals surface area contributed by atoms with E-state index in [4.69, 9.17) is 93.2 Å². The van der Waals surface area contributed by atoms with Gasteiger partial charge in [-0.2, -0.15) is 0 Å². The van der Waals surface area contributed by atoms with Crippen LogP contribution < -0.4 is 86.9 Å². The third-order valence-electron chi connectivity index (χ3n) is 16.2. The Bertz CT molecular complexity index is 6100. The minimum Gasteiger partial charge on any atom is -0.0622 e. The number of hydrogen-bond acceptors (Lipinski definition) is 18. The Labute approximate surface area is 852 Å². The van der Waals surface area contributed by atoms with Crippen LogP contribution in [0, 0.1) is 34.9 Å². The number of nitrogens with two attached hydrogens (primary N) is 6. The molecule has 0 fully saturated rings. The SMILES string of the molecule is COc1cc(OC)cc(B(O)O)c1.Fc1cc(Br)cc2cnc(Cl)nc12.NC(N)=O.Nc1c(F)cc(Br)cc1C(=O)O.Nc1c(F)cc(Br)cc1C=O.Nc1c(F)cc(Br)cc1CO.Nc1c(F)cccc1C(=O)O.O=P(Cl)(Cl)Cl.O=c1ncc2cc(Br)cc(F)c2[nH]1.[B].[Cl][Pd][Cl].c1ccc(P(c2ccccc2)c2ccccc2)cc1.c1ccc(P(c2ccccc2)c2ccccc2)cc1. The van der Waals surface area contributed by atoms with E-state index in [1.807, 2.05) is 0 Å². The number of fused-ring (bicyclic) bond motifs is 2. The number of aromatic nitrogens is 4. The molecule has 709 valence electrons. The Morgan fingerprint density at radius 2 is 0.815 bits per heavy atom. The molecule has 18 N–H and O–H groups in total. The summed E-state index contributed by atoms with van der Waals surface area (Å²) in [7, 11) is 10.2. The molecule has 0 atom stereocenters. The number of carboxylic acid groups (broad SMARTS) is 2. The first-order chi connectivity index (χ1) is 63.5. The predicted molar refractivity (Wildman–Crippen MR) is 550 cm³/mol. The van der Waals surface area contributed by atoms with Crippen molar-refractivity contribution in [3.05, 3.63) is 387 Å². The van der Waals surface area contributed by atoms with Crippen LogP contribution in [0.15, 0.2) is 319 Å². The van der Waals surface area contributed by atoms with E-state index >= 15 is 0 Å². The molecule has 0 unspecified atom stereocenters. The molecular weight excluding hydrogens is 2360 g/mol. The first kappa shape index (κ1) is 120. The van der Waals surface area contributed by atoms with Gasteiger partial charge in [0.2, 0.25) is 5.28 Å². The Hall–Kier alpha value is -9.50. The van der Waals surface area contributed by atoms with Crippen molar-refractivity contribution < 1.29 is 101 Å². The number of nitrogens with zero attached hydrogens (tertiary/aromatic N) is 3. The first-order valence-corrected chi connectivity index (χ1v) is 52.4. The predicted octanol–water partition coefficient (Wildman–Crippen LogP) is 20.7. The molecule has 0 aliphatic heterocycles. The quantitative estimate of drug-likeness (QED) is 0.0127. The first-order valence-electron chi connectivity index (χ1n) is 37.0. The van der Waals surface area contributed by atoms with Crippen LogP contribution in [0.25, 0.3) is 21.8 Å². The van der Waals surface area contributed by atoms with Crippen LogP contribution in [0.1, 0.15) is 36.6 Å². The number of carboxylic acids is 2. The summed E-state index contributed by atoms with van der Waals surface area (Å²) in [5, 5.41) is 49.9. The summed E-state index contributed by atoms with van der Waals surface area (Å²) in [4.78, 5) is 64.2. The molecular formula is C89H75B2Br5Cl6F6N10O13P3Pd. The van der Waals surface area contributed by atoms with E-state index in [2.05, 4.69) is 327 Å². The van der Waals surface area contributed by atoms with Gasteiger partial charge in [0.25, 0.3) is 0 Å². The van der Waals surface area contributed by atoms with Crippen molar-refractivity contribution in [3.8, 4) is 11.5 Å². The number of methoxy groups -OCH3 is 2. The number of urea groups is 1. The van der Waals surface area contributed by atoms with Gasteiger partial charge in [0, 0.05) is 71.1 Å². The molecule has 15 aromatic rings. The largest absolute Gasteiger partial charge is 0.0622 e. The molecule has 0 aliphatic carbocycles. The fraction of sp³-hybridized carbons (Fsp3) is 0.0337. The Kier molecular flexibility index (Phi) is 55.9. The number of primary amides is 2. The van der Waals surface area contributed by atoms with Crippen molar-refractivity contribution in [2.75, 3.05) is 37.2 Å². The number of hydrogen-bond donors (Lipinski definition) is 12. The van der Waals surface area contributed by atoms with Crippen LogP contribution >= 0.6 is 165 Å². The van der Waals surface area contributed by atoms with E-state index in [0.717, 1.165) is 12.1 Å². The van der Waals surface area contributed by atoms with E-state index in [9.17, 15) is 50.1 Å². The summed E-state index contributed by atoms with van der Waals surface area (Å²) in [6, 6.07) is 86.1. The average Bonchev–Trinajstić information content (AvgIpc) is 0.823. The summed E-state index contributed by atoms with van der Waals surface area (Å²) in [5.41, 5.74) is 28.9. The van der Waals surface area contributed by atoms with Crippen molar-refractivity contribution in [1.82, 2.24) is 19.9 Å². The Morgan fingerprint density at radius 3 is 1.18 bits per heavy atom. The smallest absolute Gasteiger partial charge is 0.0134 e. The maximum atomic E-state index is 13.2. The third-order valence-corrected chi connectivity index (χ3v) is 23.5. The maximum absolute atomic E-state index is 13.2. The van der Waals surface area contributed by atoms with Gasteiger partial charge in [0.05, 0.1) is 60.2 Å². The number of rotatable bonds is 13. The minimum atomic E-state index is -3.22. The van der Waals surface area contributed by atoms with Gasteiger partial charge in [-0.25, -0.2) is 60.5 Å². The van der Waals surface area contributed by atoms with Crippen molar-refractivity contribution in [1.29, 1.82) is 0 Å². The van der Waals surface area contributed by atoms with Crippen LogP contribution in [0.5, 0.6) is 11.5 Å². The van der Waals surface area contributed by atoms with Crippen LogP contribution in [0.4, 0.5) is 53.9 Å². The van der Waals surface area contributed by atoms with Gasteiger partial charge in [0.15, 0.2) is 12.1 Å². The number of para-hydroxylation sites is 1. The molecule has 3 radical (unpaired) electrons. The molecule has 15 rings (SSSR count). The standard InChI is InChI=1S/2C18H15P.C8H11BO4.C8H3BrClFN2.C8H4BrFN2O.C7H5BrFNO2.C7H7BrFNO.C7H5BrFNO.C7H6FNO2.CH4N2O.B.Cl3OP.2ClH.Pd/c2*1-4-10-16(11-5-1)19(17-12-6-2-7-13-17)18-14-8-3-9-15-18;1-12-7-3-6(9(10)11)4-8(5-7)13-2;9-5-1-4-3-12-8(10)13-7(4)6(11)2-5;9-5-1-4-3-11-8(13)12-7(4)6(10)2-5;8-3-1-4(7(11)12)6(10)5(9)2-3;2*8-5-1-4(3-11)7(10)6(9)2-5;8-5-3-1-2-4(6(5)9)7(10)11;2-1(3)4;;1-5(2,3)4;;;/h2*1-15H;3-5,10-11H,1-2H3;1-3H;1-3H,(H,11,12,13);1-2H,10H2,(H,11,12);1-2,11H,3,10H2;1-3H,10H2;1-3H,9H2,(H,10,11);(H4,2,3,4);;;2*1H;/q;;;;;;;;;;;;;;+2/p-2. The number of amides is 2. The fourth-order valence-corrected chi connectivity index (χ4v) is 17.4. The summed E-state index contributed by atoms with van der Waals surface area (Å²) in [5.74, 6) is -4.81. The van der Waals surface area contributed by atoms with E-state index in [-0.39, 0.29) is 86.7 Å². The van der Waals surface area contributed by atoms with Crippen molar-refractivity contribution in [2.24, 2.45) is 11.5 Å². The van der Waals surface area contributed by atoms with Crippen molar-refractivity contribution in [2.45, 2.75) is 6.61 Å². The monoisotopic (exact) mass is 2430 g/mol. The van der Waals surface area contributed by atoms with E-state index in [1.54, 1.807) is 24.3 Å². The van der Waals surface area contributed by atoms with Crippen molar-refractivity contribution >= 4 is 287 Å². The van der Waals surface area contributed by atoms with Crippen LogP contribution in [0.2, 0.25) is 5.28 Å². The zero-order chi connectivity index (χ0) is 99.9. The number of aldehydes is 1. The zero-order valence-corrected chi connectivity index (χ0v) is 86.2. The Balaban J connectivity index is 0.000000387. The molecule has 13 aromatic carbocycles. The molecule has 2 aromatic heterocycles. The molecule has 0 saturated heterocycles. The minimum absolute atomic E-state index is 0. The summed E-state index contributed by atoms with van der Waals surface area (Å²) in [6.07, 6.45) is 3.34. The molecule has 23 nitrogen and oxygen atoms in total. The number of halogens is 17. The molecule has 0 bridgehead atoms. The number of carbonyl (C=O) groups excluding carboxylic acids is 2. The van der Waals surface area contributed by atoms with E-state index in [0.29, 0.717) is 61.9 Å². The number of aliphatic hydroxyl groups excluding tert-OH is 1. The fourth-order valence-electron chi connectivity index (χ4n) is 10.4. The van der Waals surface area contributed by atoms with Gasteiger partial charge < -0.3 is 74.2 Å². The van der Waals surface area contributed by atoms with E-state index in [1.165, 1.54) is 119 Å². The van der Waals surface area contributed by atoms with Crippen molar-refractivity contribution in [3.63, 3.8) is 0 Å². The number of carbonyl (C=O) groups is 4. The number of nitrogens with one attached hydrogen (secondary N) is 1. The molecule has 0 spiro atoms. The van der Waals surface area contributed by atoms with E-state index < -0.39 is 86.7 Å². The molecule has 2 amide bonds. The molecule has 2 heterocycles. The second kappa shape index (κ2) is 63.1. The molecule has 0 saturated carbocycles. The zero-order valence-electron chi connectivity index (χ0n) is 69.5. The second-order valence-corrected chi connectivity index (χ2v) is 43.7. The number of aromatic amines is 1. The normalized spacial score (nSPS) is 9.99. The van der Waals surface area contributed by atoms with Crippen LogP contribution in [-0.2, 0) is 27.1 Å². The third kappa shape index (κ3) is 43.8. The summed E-state index contributed by atoms with van der Waals surface area (Å²) >= 11 is 34.7. The van der Waals surface area contributed by atoms with Crippen LogP contribution in [0.3, 0.4) is 0 Å². The van der Waals surface area contributed by atoms with Gasteiger partial charge in [0.1, 0.15) is 46.1 Å². The Morgan fingerprint density at radius 1 is 0.481 bits per heavy atom. The number of aliphatic hydroxyl groups is 1. The van der Waals surface area contributed by atoms with Gasteiger partial charge in [-0.1, -0.05) is 268 Å². The number of nitrogen functional groups attached to an aromatic ring is 4. The average molecular weight is 2440 g/mol. The van der Waals surface area contributed by atoms with Crippen LogP contribution in [-0.4, -0.2) is 99.3 Å². The topological polar surface area (TPSA) is 433 Å². The number of anilines is 4. The number of H-pyrrole nitrogens is 1. The number of ether oxygens (including phenoxy) is 2. The van der Waals surface area contributed by atoms with Gasteiger partial charge in [-0.3, -0.25) is 9.36 Å². The molecule has 135 heavy (non-hydrogen) atoms. The summed E-state index contributed by atoms with van der Waals surface area (Å²) in [6.45, 7) is -0.248. The van der Waals surface area contributed by atoms with Gasteiger partial charge in [-0.15, -0.1) is 0 Å². The van der Waals surface area contributed by atoms with Gasteiger partial charge >= 0.3 is 71.0 Å².